The van der Waals surface area contributed by atoms with E-state index in [4.69, 9.17) is 5.73 Å². The van der Waals surface area contributed by atoms with Crippen molar-refractivity contribution in [1.29, 1.82) is 0 Å². The van der Waals surface area contributed by atoms with Gasteiger partial charge in [-0.15, -0.1) is 5.10 Å². The number of fused-ring (bicyclic) bond motifs is 1. The first-order chi connectivity index (χ1) is 17.1. The van der Waals surface area contributed by atoms with Crippen LogP contribution in [0.5, 0.6) is 0 Å². The molecule has 2 aromatic heterocycles. The quantitative estimate of drug-likeness (QED) is 0.290. The number of imidazole rings is 1. The summed E-state index contributed by atoms with van der Waals surface area (Å²) in [6.45, 7) is 0.640. The third-order valence-corrected chi connectivity index (χ3v) is 5.44. The Morgan fingerprint density at radius 2 is 1.83 bits per heavy atom. The summed E-state index contributed by atoms with van der Waals surface area (Å²) in [5.41, 5.74) is 11.0. The minimum atomic E-state index is -0.276. The third kappa shape index (κ3) is 4.92. The Kier molecular flexibility index (Phi) is 6.01. The van der Waals surface area contributed by atoms with Crippen LogP contribution in [0.3, 0.4) is 0 Å². The van der Waals surface area contributed by atoms with Crippen molar-refractivity contribution in [2.75, 3.05) is 5.32 Å². The molecule has 5 aromatic rings. The maximum Gasteiger partial charge on any atom is 0.255 e. The molecule has 2 amide bonds. The van der Waals surface area contributed by atoms with Gasteiger partial charge < -0.3 is 21.4 Å². The molecule has 0 atom stereocenters. The minimum absolute atomic E-state index is 0.253. The van der Waals surface area contributed by atoms with Crippen LogP contribution in [0.2, 0.25) is 0 Å². The number of carbonyl (C=O) groups is 2. The molecule has 0 fully saturated rings. The fourth-order valence-corrected chi connectivity index (χ4v) is 3.63. The van der Waals surface area contributed by atoms with Crippen LogP contribution < -0.4 is 16.4 Å². The molecule has 10 heteroatoms. The zero-order valence-corrected chi connectivity index (χ0v) is 18.6. The van der Waals surface area contributed by atoms with Crippen molar-refractivity contribution in [3.05, 3.63) is 102 Å². The summed E-state index contributed by atoms with van der Waals surface area (Å²) in [5, 5.41) is 13.8. The molecular weight excluding hydrogens is 444 g/mol. The van der Waals surface area contributed by atoms with Gasteiger partial charge in [0.05, 0.1) is 34.9 Å². The van der Waals surface area contributed by atoms with Crippen LogP contribution in [0.4, 0.5) is 5.69 Å². The van der Waals surface area contributed by atoms with Gasteiger partial charge in [0.25, 0.3) is 11.8 Å². The van der Waals surface area contributed by atoms with Crippen molar-refractivity contribution in [3.63, 3.8) is 0 Å². The lowest BCUT2D eigenvalue weighted by atomic mass is 10.1. The molecule has 0 spiro atoms. The second-order valence-corrected chi connectivity index (χ2v) is 7.88. The highest BCUT2D eigenvalue weighted by molar-refractivity contribution is 6.06. The first-order valence-corrected chi connectivity index (χ1v) is 10.9. The van der Waals surface area contributed by atoms with Crippen LogP contribution in [-0.4, -0.2) is 36.8 Å². The molecule has 3 aromatic carbocycles. The number of H-pyrrole nitrogens is 1. The Bertz CT molecular complexity index is 1520. The van der Waals surface area contributed by atoms with Crippen LogP contribution in [0.15, 0.2) is 79.3 Å². The highest BCUT2D eigenvalue weighted by atomic mass is 16.2. The van der Waals surface area contributed by atoms with Crippen LogP contribution in [0.1, 0.15) is 32.0 Å². The summed E-state index contributed by atoms with van der Waals surface area (Å²) in [6.07, 6.45) is 3.35. The first kappa shape index (κ1) is 22.0. The number of carbonyl (C=O) groups excluding carboxylic acids is 2. The molecule has 0 aliphatic heterocycles. The maximum absolute atomic E-state index is 12.8. The van der Waals surface area contributed by atoms with Crippen molar-refractivity contribution in [2.24, 2.45) is 5.73 Å². The van der Waals surface area contributed by atoms with E-state index >= 15 is 0 Å². The zero-order valence-electron chi connectivity index (χ0n) is 18.6. The SMILES string of the molecule is NCc1cn(-c2cccc(CNC(=O)c3cccc(NC(=O)c4ccc5nc[nH]c5c4)c3)c2)nn1. The van der Waals surface area contributed by atoms with Crippen LogP contribution in [0.25, 0.3) is 16.7 Å². The normalized spacial score (nSPS) is 10.9. The molecule has 5 N–H and O–H groups in total. The van der Waals surface area contributed by atoms with Gasteiger partial charge in [0.1, 0.15) is 0 Å². The molecule has 0 unspecified atom stereocenters. The Morgan fingerprint density at radius 1 is 0.971 bits per heavy atom. The van der Waals surface area contributed by atoms with Crippen molar-refractivity contribution in [1.82, 2.24) is 30.3 Å². The zero-order chi connectivity index (χ0) is 24.2. The first-order valence-electron chi connectivity index (χ1n) is 10.9. The number of rotatable bonds is 7. The van der Waals surface area contributed by atoms with Crippen molar-refractivity contribution >= 4 is 28.5 Å². The molecule has 174 valence electrons. The summed E-state index contributed by atoms with van der Waals surface area (Å²) < 4.78 is 1.64. The predicted octanol–water partition coefficient (Wildman–Crippen LogP) is 2.78. The largest absolute Gasteiger partial charge is 0.348 e. The molecular formula is C25H22N8O2. The number of hydrogen-bond donors (Lipinski definition) is 4. The highest BCUT2D eigenvalue weighted by Crippen LogP contribution is 2.16. The second kappa shape index (κ2) is 9.57. The summed E-state index contributed by atoms with van der Waals surface area (Å²) >= 11 is 0. The number of nitrogens with one attached hydrogen (secondary N) is 3. The number of nitrogens with two attached hydrogens (primary N) is 1. The van der Waals surface area contributed by atoms with Crippen LogP contribution >= 0.6 is 0 Å². The van der Waals surface area contributed by atoms with Gasteiger partial charge in [-0.25, -0.2) is 9.67 Å². The smallest absolute Gasteiger partial charge is 0.255 e. The van der Waals surface area contributed by atoms with Gasteiger partial charge in [-0.05, 0) is 54.1 Å². The predicted molar refractivity (Wildman–Crippen MR) is 131 cm³/mol. The molecule has 0 radical (unpaired) electrons. The van der Waals surface area contributed by atoms with E-state index in [1.807, 2.05) is 24.3 Å². The minimum Gasteiger partial charge on any atom is -0.348 e. The fourth-order valence-electron chi connectivity index (χ4n) is 3.63. The monoisotopic (exact) mass is 466 g/mol. The van der Waals surface area contributed by atoms with E-state index in [1.54, 1.807) is 59.7 Å². The Labute approximate surface area is 200 Å². The molecule has 0 saturated carbocycles. The Balaban J connectivity index is 1.23. The summed E-state index contributed by atoms with van der Waals surface area (Å²) in [5.74, 6) is -0.529. The van der Waals surface area contributed by atoms with Gasteiger partial charge in [-0.3, -0.25) is 9.59 Å². The lowest BCUT2D eigenvalue weighted by molar-refractivity contribution is 0.0949. The summed E-state index contributed by atoms with van der Waals surface area (Å²) in [6, 6.07) is 19.6. The third-order valence-electron chi connectivity index (χ3n) is 5.44. The molecule has 5 rings (SSSR count). The van der Waals surface area contributed by atoms with Crippen molar-refractivity contribution < 1.29 is 9.59 Å². The van der Waals surface area contributed by atoms with E-state index in [0.717, 1.165) is 22.3 Å². The number of aromatic nitrogens is 5. The molecule has 0 bridgehead atoms. The van der Waals surface area contributed by atoms with Crippen LogP contribution in [-0.2, 0) is 13.1 Å². The topological polar surface area (TPSA) is 144 Å². The lowest BCUT2D eigenvalue weighted by Gasteiger charge is -2.09. The van der Waals surface area contributed by atoms with E-state index in [1.165, 1.54) is 0 Å². The van der Waals surface area contributed by atoms with Gasteiger partial charge in [0, 0.05) is 29.9 Å². The van der Waals surface area contributed by atoms with E-state index in [2.05, 4.69) is 30.9 Å². The summed E-state index contributed by atoms with van der Waals surface area (Å²) in [4.78, 5) is 32.6. The molecule has 2 heterocycles. The highest BCUT2D eigenvalue weighted by Gasteiger charge is 2.11. The molecule has 0 aliphatic carbocycles. The fraction of sp³-hybridized carbons (Fsp3) is 0.0800. The molecule has 35 heavy (non-hydrogen) atoms. The number of aromatic amines is 1. The van der Waals surface area contributed by atoms with E-state index < -0.39 is 0 Å². The standard InChI is InChI=1S/C25H22N8O2/c26-12-20-14-33(32-31-20)21-6-1-3-16(9-21)13-27-24(34)17-4-2-5-19(10-17)30-25(35)18-7-8-22-23(11-18)29-15-28-22/h1-11,14-15H,12-13,26H2,(H,27,34)(H,28,29)(H,30,35). The molecule has 10 nitrogen and oxygen atoms in total. The molecule has 0 saturated heterocycles. The summed E-state index contributed by atoms with van der Waals surface area (Å²) in [7, 11) is 0. The van der Waals surface area contributed by atoms with E-state index in [-0.39, 0.29) is 11.8 Å². The van der Waals surface area contributed by atoms with Crippen LogP contribution in [0, 0.1) is 0 Å². The average Bonchev–Trinajstić information content (AvgIpc) is 3.57. The average molecular weight is 467 g/mol. The number of amides is 2. The van der Waals surface area contributed by atoms with E-state index in [0.29, 0.717) is 35.6 Å². The van der Waals surface area contributed by atoms with Gasteiger partial charge in [-0.2, -0.15) is 0 Å². The van der Waals surface area contributed by atoms with Crippen molar-refractivity contribution in [3.8, 4) is 5.69 Å². The second-order valence-electron chi connectivity index (χ2n) is 7.88. The number of anilines is 1. The van der Waals surface area contributed by atoms with Gasteiger partial charge in [0.15, 0.2) is 0 Å². The van der Waals surface area contributed by atoms with Crippen molar-refractivity contribution in [2.45, 2.75) is 13.1 Å². The Hall–Kier alpha value is -4.83. The lowest BCUT2D eigenvalue weighted by Crippen LogP contribution is -2.23. The number of hydrogen-bond acceptors (Lipinski definition) is 6. The molecule has 0 aliphatic rings. The maximum atomic E-state index is 12.8. The number of nitrogens with zero attached hydrogens (tertiary/aromatic N) is 4. The van der Waals surface area contributed by atoms with Gasteiger partial charge >= 0.3 is 0 Å². The van der Waals surface area contributed by atoms with Gasteiger partial charge in [0.2, 0.25) is 0 Å². The van der Waals surface area contributed by atoms with Gasteiger partial charge in [-0.1, -0.05) is 23.4 Å². The van der Waals surface area contributed by atoms with E-state index in [9.17, 15) is 9.59 Å². The number of benzene rings is 3. The Morgan fingerprint density at radius 3 is 2.69 bits per heavy atom.